The van der Waals surface area contributed by atoms with Crippen LogP contribution in [0.5, 0.6) is 0 Å². The summed E-state index contributed by atoms with van der Waals surface area (Å²) in [5.41, 5.74) is 2.57. The number of carbonyl (C=O) groups excluding carboxylic acids is 2. The molecule has 0 aromatic heterocycles. The molecule has 1 atom stereocenters. The van der Waals surface area contributed by atoms with Crippen molar-refractivity contribution in [3.05, 3.63) is 29.8 Å². The topological polar surface area (TPSA) is 61.4 Å². The van der Waals surface area contributed by atoms with E-state index in [1.165, 1.54) is 5.01 Å². The second-order valence-electron chi connectivity index (χ2n) is 4.42. The molecule has 1 heterocycles. The van der Waals surface area contributed by atoms with Crippen LogP contribution in [0.3, 0.4) is 0 Å². The molecule has 2 N–H and O–H groups in total. The molecule has 19 heavy (non-hydrogen) atoms. The number of rotatable bonds is 3. The van der Waals surface area contributed by atoms with Crippen molar-refractivity contribution in [2.24, 2.45) is 0 Å². The second kappa shape index (κ2) is 5.31. The van der Waals surface area contributed by atoms with E-state index in [4.69, 9.17) is 0 Å². The van der Waals surface area contributed by atoms with Gasteiger partial charge in [-0.2, -0.15) is 0 Å². The molecule has 7 heteroatoms. The van der Waals surface area contributed by atoms with E-state index in [9.17, 15) is 18.4 Å². The number of nitrogens with one attached hydrogen (secondary N) is 2. The average Bonchev–Trinajstić information content (AvgIpc) is 2.55. The second-order valence-corrected chi connectivity index (χ2v) is 4.42. The van der Waals surface area contributed by atoms with E-state index in [1.54, 1.807) is 6.92 Å². The molecule has 5 nitrogen and oxygen atoms in total. The first kappa shape index (κ1) is 13.4. The van der Waals surface area contributed by atoms with Crippen LogP contribution < -0.4 is 10.7 Å². The van der Waals surface area contributed by atoms with Crippen molar-refractivity contribution < 1.29 is 18.4 Å². The molecule has 0 saturated carbocycles. The fraction of sp³-hybridized carbons (Fsp3) is 0.333. The van der Waals surface area contributed by atoms with Gasteiger partial charge in [0.15, 0.2) is 0 Å². The third-order valence-electron chi connectivity index (χ3n) is 2.74. The van der Waals surface area contributed by atoms with Crippen LogP contribution in [-0.4, -0.2) is 29.4 Å². The lowest BCUT2D eigenvalue weighted by atomic mass is 10.2. The predicted octanol–water partition coefficient (Wildman–Crippen LogP) is 1.03. The lowest BCUT2D eigenvalue weighted by molar-refractivity contribution is -0.122. The predicted molar refractivity (Wildman–Crippen MR) is 63.9 cm³/mol. The standard InChI is InChI=1S/C12H13F2N3O2/c1-7-2-11(18)16-17(7)6-12(19)15-10-4-8(13)3-9(14)5-10/h3-5,7H,2,6H2,1H3,(H,15,19)(H,16,18)/t7-/m0/s1. The first-order valence-electron chi connectivity index (χ1n) is 5.76. The van der Waals surface area contributed by atoms with Crippen molar-refractivity contribution >= 4 is 17.5 Å². The van der Waals surface area contributed by atoms with Crippen molar-refractivity contribution in [2.75, 3.05) is 11.9 Å². The average molecular weight is 269 g/mol. The van der Waals surface area contributed by atoms with Gasteiger partial charge in [-0.15, -0.1) is 0 Å². The summed E-state index contributed by atoms with van der Waals surface area (Å²) in [7, 11) is 0. The number of hydrogen-bond donors (Lipinski definition) is 2. The molecular formula is C12H13F2N3O2. The summed E-state index contributed by atoms with van der Waals surface area (Å²) >= 11 is 0. The number of hydrogen-bond acceptors (Lipinski definition) is 3. The first-order valence-corrected chi connectivity index (χ1v) is 5.76. The fourth-order valence-electron chi connectivity index (χ4n) is 1.87. The Kier molecular flexibility index (Phi) is 3.75. The van der Waals surface area contributed by atoms with Gasteiger partial charge in [-0.25, -0.2) is 13.8 Å². The van der Waals surface area contributed by atoms with Gasteiger partial charge >= 0.3 is 0 Å². The van der Waals surface area contributed by atoms with Crippen molar-refractivity contribution in [3.8, 4) is 0 Å². The highest BCUT2D eigenvalue weighted by Gasteiger charge is 2.27. The van der Waals surface area contributed by atoms with Crippen LogP contribution in [0.25, 0.3) is 0 Å². The van der Waals surface area contributed by atoms with Gasteiger partial charge in [0.2, 0.25) is 11.8 Å². The summed E-state index contributed by atoms with van der Waals surface area (Å²) in [6.07, 6.45) is 0.321. The number of halogens is 2. The van der Waals surface area contributed by atoms with Crippen molar-refractivity contribution in [3.63, 3.8) is 0 Å². The monoisotopic (exact) mass is 269 g/mol. The minimum atomic E-state index is -0.766. The maximum atomic E-state index is 12.9. The number of anilines is 1. The number of nitrogens with zero attached hydrogens (tertiary/aromatic N) is 1. The third-order valence-corrected chi connectivity index (χ3v) is 2.74. The molecule has 2 rings (SSSR count). The molecule has 1 aliphatic rings. The summed E-state index contributed by atoms with van der Waals surface area (Å²) in [6, 6.07) is 2.67. The smallest absolute Gasteiger partial charge is 0.240 e. The van der Waals surface area contributed by atoms with Crippen LogP contribution in [0.1, 0.15) is 13.3 Å². The van der Waals surface area contributed by atoms with Gasteiger partial charge in [0.25, 0.3) is 0 Å². The summed E-state index contributed by atoms with van der Waals surface area (Å²) in [5.74, 6) is -2.15. The van der Waals surface area contributed by atoms with E-state index < -0.39 is 17.5 Å². The Balaban J connectivity index is 1.96. The Labute approximate surface area is 108 Å². The molecule has 0 unspecified atom stereocenters. The van der Waals surface area contributed by atoms with Crippen LogP contribution in [0, 0.1) is 11.6 Å². The third kappa shape index (κ3) is 3.47. The molecule has 1 aliphatic heterocycles. The summed E-state index contributed by atoms with van der Waals surface area (Å²) in [4.78, 5) is 22.8. The van der Waals surface area contributed by atoms with E-state index >= 15 is 0 Å². The Morgan fingerprint density at radius 1 is 1.42 bits per heavy atom. The lowest BCUT2D eigenvalue weighted by Gasteiger charge is -2.19. The number of amides is 2. The minimum absolute atomic E-state index is 0.0423. The Morgan fingerprint density at radius 3 is 2.58 bits per heavy atom. The highest BCUT2D eigenvalue weighted by atomic mass is 19.1. The van der Waals surface area contributed by atoms with Crippen LogP contribution in [0.15, 0.2) is 18.2 Å². The minimum Gasteiger partial charge on any atom is -0.325 e. The SMILES string of the molecule is C[C@H]1CC(=O)NN1CC(=O)Nc1cc(F)cc(F)c1. The Morgan fingerprint density at radius 2 is 2.05 bits per heavy atom. The fourth-order valence-corrected chi connectivity index (χ4v) is 1.87. The zero-order valence-corrected chi connectivity index (χ0v) is 10.2. The summed E-state index contributed by atoms with van der Waals surface area (Å²) < 4.78 is 25.9. The normalized spacial score (nSPS) is 19.3. The quantitative estimate of drug-likeness (QED) is 0.861. The molecule has 0 radical (unpaired) electrons. The molecule has 1 saturated heterocycles. The highest BCUT2D eigenvalue weighted by Crippen LogP contribution is 2.13. The lowest BCUT2D eigenvalue weighted by Crippen LogP contribution is -2.42. The Bertz CT molecular complexity index is 501. The van der Waals surface area contributed by atoms with Gasteiger partial charge in [-0.3, -0.25) is 15.0 Å². The molecule has 1 aromatic rings. The van der Waals surface area contributed by atoms with Gasteiger partial charge in [0.05, 0.1) is 6.54 Å². The molecular weight excluding hydrogens is 256 g/mol. The maximum Gasteiger partial charge on any atom is 0.240 e. The highest BCUT2D eigenvalue weighted by molar-refractivity contribution is 5.92. The van der Waals surface area contributed by atoms with Crippen LogP contribution in [0.2, 0.25) is 0 Å². The molecule has 102 valence electrons. The molecule has 1 aromatic carbocycles. The molecule has 0 spiro atoms. The van der Waals surface area contributed by atoms with E-state index in [2.05, 4.69) is 10.7 Å². The molecule has 0 aliphatic carbocycles. The van der Waals surface area contributed by atoms with Gasteiger partial charge < -0.3 is 5.32 Å². The van der Waals surface area contributed by atoms with Crippen LogP contribution in [0.4, 0.5) is 14.5 Å². The van der Waals surface area contributed by atoms with Crippen LogP contribution in [-0.2, 0) is 9.59 Å². The van der Waals surface area contributed by atoms with Crippen LogP contribution >= 0.6 is 0 Å². The van der Waals surface area contributed by atoms with Gasteiger partial charge in [0, 0.05) is 24.2 Å². The maximum absolute atomic E-state index is 12.9. The van der Waals surface area contributed by atoms with E-state index in [0.717, 1.165) is 18.2 Å². The number of hydrazine groups is 1. The Hall–Kier alpha value is -2.02. The van der Waals surface area contributed by atoms with Crippen molar-refractivity contribution in [1.29, 1.82) is 0 Å². The van der Waals surface area contributed by atoms with E-state index in [0.29, 0.717) is 6.42 Å². The van der Waals surface area contributed by atoms with Crippen molar-refractivity contribution in [2.45, 2.75) is 19.4 Å². The van der Waals surface area contributed by atoms with Gasteiger partial charge in [0.1, 0.15) is 11.6 Å². The summed E-state index contributed by atoms with van der Waals surface area (Å²) in [6.45, 7) is 1.72. The number of benzene rings is 1. The largest absolute Gasteiger partial charge is 0.325 e. The molecule has 1 fully saturated rings. The van der Waals surface area contributed by atoms with Gasteiger partial charge in [-0.05, 0) is 19.1 Å². The summed E-state index contributed by atoms with van der Waals surface area (Å²) in [5, 5.41) is 3.85. The van der Waals surface area contributed by atoms with E-state index in [1.807, 2.05) is 0 Å². The van der Waals surface area contributed by atoms with Crippen molar-refractivity contribution in [1.82, 2.24) is 10.4 Å². The molecule has 0 bridgehead atoms. The number of carbonyl (C=O) groups is 2. The first-order chi connectivity index (χ1) is 8.94. The van der Waals surface area contributed by atoms with E-state index in [-0.39, 0.29) is 24.2 Å². The zero-order valence-electron chi connectivity index (χ0n) is 10.2. The van der Waals surface area contributed by atoms with Gasteiger partial charge in [-0.1, -0.05) is 0 Å². The molecule has 2 amide bonds. The zero-order chi connectivity index (χ0) is 14.0.